The third-order valence-electron chi connectivity index (χ3n) is 10.2. The van der Waals surface area contributed by atoms with Crippen LogP contribution in [0.4, 0.5) is 35.1 Å². The molecule has 0 fully saturated rings. The van der Waals surface area contributed by atoms with E-state index in [4.69, 9.17) is 0 Å². The van der Waals surface area contributed by atoms with Crippen molar-refractivity contribution in [2.24, 2.45) is 0 Å². The fourth-order valence-electron chi connectivity index (χ4n) is 7.11. The second-order valence-electron chi connectivity index (χ2n) is 13.9. The third kappa shape index (κ3) is 7.99. The number of benzene rings is 6. The van der Waals surface area contributed by atoms with E-state index in [1.165, 1.54) is 49.9 Å². The van der Waals surface area contributed by atoms with E-state index in [1.807, 2.05) is 0 Å². The van der Waals surface area contributed by atoms with E-state index in [9.17, 15) is 17.6 Å². The first-order chi connectivity index (χ1) is 25.6. The van der Waals surface area contributed by atoms with Gasteiger partial charge in [0.2, 0.25) is 0 Å². The molecule has 0 saturated heterocycles. The zero-order valence-corrected chi connectivity index (χ0v) is 30.8. The van der Waals surface area contributed by atoms with Gasteiger partial charge >= 0.3 is 0 Å². The van der Waals surface area contributed by atoms with Crippen molar-refractivity contribution in [1.82, 2.24) is 0 Å². The Morgan fingerprint density at radius 2 is 0.611 bits per heavy atom. The molecule has 1 nitrogen and oxygen atoms in total. The van der Waals surface area contributed by atoms with Crippen molar-refractivity contribution >= 4 is 28.0 Å². The van der Waals surface area contributed by atoms with Crippen LogP contribution in [0.5, 0.6) is 0 Å². The van der Waals surface area contributed by atoms with Crippen LogP contribution in [0.1, 0.15) is 44.5 Å². The van der Waals surface area contributed by atoms with Gasteiger partial charge < -0.3 is 5.32 Å². The molecule has 0 radical (unpaired) electrons. The molecule has 6 aromatic carbocycles. The largest absolute Gasteiger partial charge is 0.339 e. The molecule has 0 aromatic heterocycles. The van der Waals surface area contributed by atoms with Gasteiger partial charge in [0.15, 0.2) is 0 Å². The Balaban J connectivity index is 0.000000274. The normalized spacial score (nSPS) is 11.4. The molecular weight excluding hydrogens is 705 g/mol. The highest BCUT2D eigenvalue weighted by Gasteiger charge is 2.41. The molecule has 10 heteroatoms. The van der Waals surface area contributed by atoms with Crippen molar-refractivity contribution in [3.8, 4) is 0 Å². The minimum Gasteiger partial charge on any atom is -0.339 e. The summed E-state index contributed by atoms with van der Waals surface area (Å²) < 4.78 is 120. The molecule has 0 unspecified atom stereocenters. The van der Waals surface area contributed by atoms with E-state index in [2.05, 4.69) is 67.7 Å². The number of aryl methyl sites for hydroxylation is 6. The van der Waals surface area contributed by atoms with E-state index in [1.54, 1.807) is 0 Å². The predicted octanol–water partition coefficient (Wildman–Crippen LogP) is 7.98. The fraction of sp³-hybridized carbons (Fsp3) is 0.182. The number of hydrogen-bond acceptors (Lipinski definition) is 0. The number of rotatable bonds is 8. The van der Waals surface area contributed by atoms with Gasteiger partial charge in [0, 0.05) is 35.4 Å². The molecule has 0 amide bonds. The maximum Gasteiger partial charge on any atom is 0.128 e. The number of nitrogens with two attached hydrogens (primary N) is 1. The molecular formula is C44H40BF8N. The highest BCUT2D eigenvalue weighted by Crippen LogP contribution is 2.22. The van der Waals surface area contributed by atoms with Crippen LogP contribution in [0.2, 0.25) is 0 Å². The summed E-state index contributed by atoms with van der Waals surface area (Å²) in [6.45, 7) is 11.5. The summed E-state index contributed by atoms with van der Waals surface area (Å²) in [4.78, 5) is 0. The molecule has 2 N–H and O–H groups in total. The van der Waals surface area contributed by atoms with Crippen LogP contribution in [-0.2, 0) is 13.1 Å². The monoisotopic (exact) mass is 745 g/mol. The Bertz CT molecular complexity index is 2060. The molecule has 0 bridgehead atoms. The first kappa shape index (κ1) is 40.0. The SMILES string of the molecule is Cc1cc([B-](c2cc(C)c(F)cc2F)(c2cc(C)c(F)cc2F)c2cc(C)c(F)cc2F)c(F)cc1F.Cc1ccccc1C[NH2+]Cc1ccccc1C. The van der Waals surface area contributed by atoms with Crippen LogP contribution in [0, 0.1) is 88.1 Å². The molecule has 6 aromatic rings. The van der Waals surface area contributed by atoms with Crippen LogP contribution < -0.4 is 27.2 Å². The highest BCUT2D eigenvalue weighted by molar-refractivity contribution is 7.20. The van der Waals surface area contributed by atoms with Gasteiger partial charge in [0.1, 0.15) is 42.5 Å². The minimum atomic E-state index is -3.62. The van der Waals surface area contributed by atoms with Gasteiger partial charge in [-0.2, -0.15) is 21.9 Å². The average molecular weight is 746 g/mol. The zero-order valence-electron chi connectivity index (χ0n) is 30.8. The van der Waals surface area contributed by atoms with Gasteiger partial charge in [-0.25, -0.2) is 35.1 Å². The van der Waals surface area contributed by atoms with Crippen molar-refractivity contribution in [3.05, 3.63) is 188 Å². The zero-order chi connectivity index (χ0) is 39.5. The van der Waals surface area contributed by atoms with E-state index in [0.717, 1.165) is 37.4 Å². The molecule has 54 heavy (non-hydrogen) atoms. The quantitative estimate of drug-likeness (QED) is 0.120. The Kier molecular flexibility index (Phi) is 12.2. The van der Waals surface area contributed by atoms with Crippen LogP contribution in [0.3, 0.4) is 0 Å². The first-order valence-corrected chi connectivity index (χ1v) is 17.5. The summed E-state index contributed by atoms with van der Waals surface area (Å²) >= 11 is 0. The number of hydrogen-bond donors (Lipinski definition) is 1. The number of quaternary nitrogens is 1. The smallest absolute Gasteiger partial charge is 0.128 e. The standard InChI is InChI=1S/C28H20BF8.C16H19N/c1-13-5-17(25(34)9-21(13)30)29(18-6-14(2)22(31)10-26(18)35,19-7-15(3)23(32)11-27(19)36)20-8-16(4)24(33)12-28(20)37;1-13-7-3-5-9-15(13)11-17-12-16-10-6-4-8-14(16)2/h5-12H,1-4H3;3-10,17H,11-12H2,1-2H3/q-1;/p+1. The second kappa shape index (κ2) is 16.4. The van der Waals surface area contributed by atoms with Crippen molar-refractivity contribution in [2.75, 3.05) is 0 Å². The molecule has 0 spiro atoms. The third-order valence-corrected chi connectivity index (χ3v) is 10.2. The molecule has 0 aliphatic rings. The summed E-state index contributed by atoms with van der Waals surface area (Å²) in [5, 5.41) is 2.37. The van der Waals surface area contributed by atoms with E-state index in [0.29, 0.717) is 24.3 Å². The maximum absolute atomic E-state index is 15.7. The van der Waals surface area contributed by atoms with Crippen molar-refractivity contribution in [2.45, 2.75) is 54.6 Å². The average Bonchev–Trinajstić information content (AvgIpc) is 3.11. The Hall–Kier alpha value is -5.22. The lowest BCUT2D eigenvalue weighted by atomic mass is 9.12. The Labute approximate surface area is 310 Å². The maximum atomic E-state index is 15.7. The molecule has 280 valence electrons. The molecule has 6 rings (SSSR count). The van der Waals surface area contributed by atoms with Crippen molar-refractivity contribution < 1.29 is 40.4 Å². The molecule has 0 heterocycles. The van der Waals surface area contributed by atoms with Gasteiger partial charge in [0.25, 0.3) is 0 Å². The lowest BCUT2D eigenvalue weighted by Crippen LogP contribution is -2.80. The predicted molar refractivity (Wildman–Crippen MR) is 200 cm³/mol. The van der Waals surface area contributed by atoms with Gasteiger partial charge in [-0.3, -0.25) is 0 Å². The van der Waals surface area contributed by atoms with Gasteiger partial charge in [-0.05, 0) is 74.9 Å². The fourth-order valence-corrected chi connectivity index (χ4v) is 7.11. The second-order valence-corrected chi connectivity index (χ2v) is 13.9. The summed E-state index contributed by atoms with van der Waals surface area (Å²) in [5.74, 6) is -9.05. The van der Waals surface area contributed by atoms with Crippen molar-refractivity contribution in [3.63, 3.8) is 0 Å². The molecule has 0 aliphatic carbocycles. The minimum absolute atomic E-state index is 0.139. The molecule has 0 aliphatic heterocycles. The summed E-state index contributed by atoms with van der Waals surface area (Å²) in [7, 11) is 0. The van der Waals surface area contributed by atoms with Crippen molar-refractivity contribution in [1.29, 1.82) is 0 Å². The lowest BCUT2D eigenvalue weighted by Gasteiger charge is -2.45. The van der Waals surface area contributed by atoms with Gasteiger partial charge in [-0.15, -0.1) is 0 Å². The summed E-state index contributed by atoms with van der Waals surface area (Å²) in [6, 6.07) is 23.0. The van der Waals surface area contributed by atoms with E-state index >= 15 is 17.6 Å². The van der Waals surface area contributed by atoms with Crippen LogP contribution in [0.25, 0.3) is 0 Å². The topological polar surface area (TPSA) is 16.6 Å². The Morgan fingerprint density at radius 3 is 0.870 bits per heavy atom. The summed E-state index contributed by atoms with van der Waals surface area (Å²) in [6.07, 6.45) is -3.62. The van der Waals surface area contributed by atoms with Gasteiger partial charge in [-0.1, -0.05) is 72.8 Å². The Morgan fingerprint density at radius 1 is 0.352 bits per heavy atom. The molecule has 0 atom stereocenters. The lowest BCUT2D eigenvalue weighted by molar-refractivity contribution is -0.686. The highest BCUT2D eigenvalue weighted by atomic mass is 19.2. The molecule has 0 saturated carbocycles. The van der Waals surface area contributed by atoms with Gasteiger partial charge in [0.05, 0.1) is 23.3 Å². The van der Waals surface area contributed by atoms with Crippen LogP contribution in [0.15, 0.2) is 97.1 Å². The first-order valence-electron chi connectivity index (χ1n) is 17.5. The summed E-state index contributed by atoms with van der Waals surface area (Å²) in [5.41, 5.74) is 2.90. The van der Waals surface area contributed by atoms with E-state index < -0.39 is 74.5 Å². The number of halogens is 8. The van der Waals surface area contributed by atoms with E-state index in [-0.39, 0.29) is 22.3 Å². The van der Waals surface area contributed by atoms with Crippen LogP contribution in [-0.4, -0.2) is 6.15 Å². The van der Waals surface area contributed by atoms with Crippen LogP contribution >= 0.6 is 0 Å².